The van der Waals surface area contributed by atoms with Crippen molar-refractivity contribution in [3.8, 4) is 0 Å². The first-order valence-electron chi connectivity index (χ1n) is 2.53. The molecule has 0 N–H and O–H groups in total. The van der Waals surface area contributed by atoms with Crippen LogP contribution in [0.1, 0.15) is 19.8 Å². The summed E-state index contributed by atoms with van der Waals surface area (Å²) in [7, 11) is 0. The summed E-state index contributed by atoms with van der Waals surface area (Å²) in [5.74, 6) is 0.926. The zero-order chi connectivity index (χ0) is 6.41. The minimum atomic E-state index is -1.47. The smallest absolute Gasteiger partial charge is 0.00261 e. The summed E-state index contributed by atoms with van der Waals surface area (Å²) in [5, 5.41) is 0. The Labute approximate surface area is 60.2 Å². The second-order valence-corrected chi connectivity index (χ2v) is 5.78. The van der Waals surface area contributed by atoms with Crippen molar-refractivity contribution in [3.05, 3.63) is 0 Å². The van der Waals surface area contributed by atoms with Gasteiger partial charge in [0.15, 0.2) is 0 Å². The normalized spacial score (nSPS) is 13.9. The van der Waals surface area contributed by atoms with Crippen molar-refractivity contribution >= 4 is 29.3 Å². The van der Waals surface area contributed by atoms with E-state index in [-0.39, 0.29) is 0 Å². The van der Waals surface area contributed by atoms with Crippen LogP contribution >= 0.6 is 29.3 Å². The summed E-state index contributed by atoms with van der Waals surface area (Å²) in [6, 6.07) is 0. The molecular formula is C4H9ClOPS-. The van der Waals surface area contributed by atoms with Crippen molar-refractivity contribution in [1.82, 2.24) is 0 Å². The second-order valence-electron chi connectivity index (χ2n) is 1.40. The molecule has 1 unspecified atom stereocenters. The molecule has 0 heterocycles. The van der Waals surface area contributed by atoms with E-state index in [1.54, 1.807) is 0 Å². The van der Waals surface area contributed by atoms with E-state index in [1.807, 2.05) is 0 Å². The van der Waals surface area contributed by atoms with Crippen LogP contribution < -0.4 is 4.89 Å². The summed E-state index contributed by atoms with van der Waals surface area (Å²) in [4.78, 5) is 10.2. The van der Waals surface area contributed by atoms with Crippen molar-refractivity contribution in [2.24, 2.45) is 0 Å². The molecule has 0 aromatic heterocycles. The first-order valence-corrected chi connectivity index (χ1v) is 6.29. The van der Waals surface area contributed by atoms with E-state index < -0.39 is 6.70 Å². The molecule has 0 radical (unpaired) electrons. The van der Waals surface area contributed by atoms with Crippen LogP contribution in [0, 0.1) is 0 Å². The van der Waals surface area contributed by atoms with Crippen LogP contribution in [0.4, 0.5) is 0 Å². The van der Waals surface area contributed by atoms with Gasteiger partial charge in [-0.2, -0.15) is 0 Å². The monoisotopic (exact) mass is 171 g/mol. The Balaban J connectivity index is 2.72. The van der Waals surface area contributed by atoms with Crippen LogP contribution in [-0.2, 0) is 0 Å². The SMILES string of the molecule is CCCCSP([O-])Cl. The lowest BCUT2D eigenvalue weighted by atomic mass is 10.4. The predicted molar refractivity (Wildman–Crippen MR) is 40.1 cm³/mol. The van der Waals surface area contributed by atoms with Crippen LogP contribution in [0.3, 0.4) is 0 Å². The van der Waals surface area contributed by atoms with Gasteiger partial charge in [0.25, 0.3) is 0 Å². The van der Waals surface area contributed by atoms with E-state index in [1.165, 1.54) is 11.4 Å². The number of hydrogen-bond donors (Lipinski definition) is 0. The minimum Gasteiger partial charge on any atom is -0.809 e. The summed E-state index contributed by atoms with van der Waals surface area (Å²) in [5.41, 5.74) is 0. The third-order valence-electron chi connectivity index (χ3n) is 0.691. The number of halogens is 1. The number of hydrogen-bond acceptors (Lipinski definition) is 2. The largest absolute Gasteiger partial charge is 0.809 e. The van der Waals surface area contributed by atoms with Crippen LogP contribution in [0.25, 0.3) is 0 Å². The van der Waals surface area contributed by atoms with Gasteiger partial charge in [0, 0.05) is 0 Å². The zero-order valence-corrected chi connectivity index (χ0v) is 7.23. The molecule has 0 fully saturated rings. The molecule has 0 spiro atoms. The average Bonchev–Trinajstić information content (AvgIpc) is 1.66. The minimum absolute atomic E-state index is 0.926. The molecular weight excluding hydrogens is 163 g/mol. The summed E-state index contributed by atoms with van der Waals surface area (Å²) in [6.45, 7) is 0.626. The maximum Gasteiger partial charge on any atom is -0.00261 e. The van der Waals surface area contributed by atoms with Crippen LogP contribution in [-0.4, -0.2) is 5.75 Å². The van der Waals surface area contributed by atoms with E-state index in [2.05, 4.69) is 6.92 Å². The Hall–Kier alpha value is 1.03. The van der Waals surface area contributed by atoms with Gasteiger partial charge in [-0.05, 0) is 18.9 Å². The van der Waals surface area contributed by atoms with Gasteiger partial charge in [0.05, 0.1) is 0 Å². The predicted octanol–water partition coefficient (Wildman–Crippen LogP) is 2.35. The molecule has 0 bridgehead atoms. The highest BCUT2D eigenvalue weighted by atomic mass is 35.7. The van der Waals surface area contributed by atoms with Gasteiger partial charge in [-0.1, -0.05) is 13.3 Å². The quantitative estimate of drug-likeness (QED) is 0.479. The highest BCUT2D eigenvalue weighted by molar-refractivity contribution is 8.60. The van der Waals surface area contributed by atoms with Crippen molar-refractivity contribution in [2.75, 3.05) is 5.75 Å². The van der Waals surface area contributed by atoms with Crippen molar-refractivity contribution in [2.45, 2.75) is 19.8 Å². The zero-order valence-electron chi connectivity index (χ0n) is 4.76. The number of unbranched alkanes of at least 4 members (excludes halogenated alkanes) is 1. The third kappa shape index (κ3) is 7.03. The van der Waals surface area contributed by atoms with E-state index in [9.17, 15) is 4.89 Å². The molecule has 0 aromatic carbocycles. The molecule has 0 aliphatic rings. The Morgan fingerprint density at radius 3 is 2.75 bits per heavy atom. The lowest BCUT2D eigenvalue weighted by Gasteiger charge is -2.10. The van der Waals surface area contributed by atoms with E-state index in [4.69, 9.17) is 11.2 Å². The highest BCUT2D eigenvalue weighted by Gasteiger charge is 1.86. The summed E-state index contributed by atoms with van der Waals surface area (Å²) >= 11 is 6.52. The Morgan fingerprint density at radius 1 is 1.75 bits per heavy atom. The molecule has 50 valence electrons. The molecule has 0 aliphatic heterocycles. The first kappa shape index (κ1) is 9.03. The molecule has 4 heteroatoms. The van der Waals surface area contributed by atoms with Gasteiger partial charge in [-0.25, -0.2) is 0 Å². The fourth-order valence-corrected chi connectivity index (χ4v) is 2.28. The molecule has 0 amide bonds. The van der Waals surface area contributed by atoms with Crippen LogP contribution in [0.2, 0.25) is 0 Å². The third-order valence-corrected chi connectivity index (χ3v) is 3.40. The molecule has 0 saturated carbocycles. The first-order chi connectivity index (χ1) is 3.77. The van der Waals surface area contributed by atoms with Crippen LogP contribution in [0.15, 0.2) is 0 Å². The van der Waals surface area contributed by atoms with Gasteiger partial charge >= 0.3 is 0 Å². The molecule has 0 rings (SSSR count). The molecule has 0 aromatic rings. The van der Waals surface area contributed by atoms with Gasteiger partial charge in [-0.3, -0.25) is 0 Å². The van der Waals surface area contributed by atoms with Gasteiger partial charge in [0.2, 0.25) is 0 Å². The maximum absolute atomic E-state index is 10.2. The van der Waals surface area contributed by atoms with Gasteiger partial charge in [0.1, 0.15) is 0 Å². The highest BCUT2D eigenvalue weighted by Crippen LogP contribution is 2.46. The fraction of sp³-hybridized carbons (Fsp3) is 1.00. The lowest BCUT2D eigenvalue weighted by molar-refractivity contribution is -0.148. The summed E-state index contributed by atoms with van der Waals surface area (Å²) < 4.78 is 0. The van der Waals surface area contributed by atoms with E-state index in [0.29, 0.717) is 0 Å². The molecule has 0 saturated heterocycles. The lowest BCUT2D eigenvalue weighted by Crippen LogP contribution is -1.83. The fourth-order valence-electron chi connectivity index (χ4n) is 0.281. The molecule has 1 nitrogen and oxygen atoms in total. The van der Waals surface area contributed by atoms with Crippen molar-refractivity contribution < 1.29 is 4.89 Å². The number of rotatable bonds is 4. The van der Waals surface area contributed by atoms with E-state index >= 15 is 0 Å². The van der Waals surface area contributed by atoms with Crippen molar-refractivity contribution in [1.29, 1.82) is 0 Å². The standard InChI is InChI=1S/C4H9ClOPS/c1-2-3-4-8-7(5)6/h2-4H2,1H3/q-1. The second kappa shape index (κ2) is 6.15. The summed E-state index contributed by atoms with van der Waals surface area (Å²) in [6.07, 6.45) is 2.26. The van der Waals surface area contributed by atoms with Gasteiger partial charge in [-0.15, -0.1) is 22.6 Å². The topological polar surface area (TPSA) is 23.1 Å². The van der Waals surface area contributed by atoms with E-state index in [0.717, 1.165) is 18.6 Å². The Bertz CT molecular complexity index is 53.3. The maximum atomic E-state index is 10.2. The molecule has 1 atom stereocenters. The van der Waals surface area contributed by atoms with Crippen LogP contribution in [0.5, 0.6) is 0 Å². The Morgan fingerprint density at radius 2 is 2.38 bits per heavy atom. The average molecular weight is 172 g/mol. The Kier molecular flexibility index (Phi) is 6.95. The van der Waals surface area contributed by atoms with Gasteiger partial charge < -0.3 is 4.89 Å². The molecule has 0 aliphatic carbocycles. The molecule has 8 heavy (non-hydrogen) atoms. The van der Waals surface area contributed by atoms with Crippen molar-refractivity contribution in [3.63, 3.8) is 0 Å².